The van der Waals surface area contributed by atoms with Crippen LogP contribution in [0.5, 0.6) is 0 Å². The fourth-order valence-electron chi connectivity index (χ4n) is 1.51. The summed E-state index contributed by atoms with van der Waals surface area (Å²) in [5.41, 5.74) is -0.703. The maximum absolute atomic E-state index is 12.3. The third-order valence-electron chi connectivity index (χ3n) is 3.24. The van der Waals surface area contributed by atoms with Gasteiger partial charge in [0.15, 0.2) is 0 Å². The molecule has 0 aliphatic heterocycles. The third-order valence-corrected chi connectivity index (χ3v) is 5.19. The fourth-order valence-corrected chi connectivity index (χ4v) is 3.09. The smallest absolute Gasteiger partial charge is 0.248 e. The van der Waals surface area contributed by atoms with Crippen molar-refractivity contribution in [2.24, 2.45) is 5.41 Å². The number of aromatic amines is 1. The topological polar surface area (TPSA) is 70.2 Å². The van der Waals surface area contributed by atoms with E-state index < -0.39 is 15.5 Å². The van der Waals surface area contributed by atoms with Crippen molar-refractivity contribution in [1.29, 1.82) is 0 Å². The second-order valence-corrected chi connectivity index (χ2v) is 7.40. The van der Waals surface area contributed by atoms with Crippen LogP contribution < -0.4 is 5.43 Å². The molecule has 6 heteroatoms. The van der Waals surface area contributed by atoms with E-state index in [1.165, 1.54) is 29.8 Å². The summed E-state index contributed by atoms with van der Waals surface area (Å²) < 4.78 is 25.9. The predicted octanol–water partition coefficient (Wildman–Crippen LogP) is 1.43. The molecule has 1 N–H and O–H groups in total. The van der Waals surface area contributed by atoms with Gasteiger partial charge in [0.25, 0.3) is 0 Å². The minimum atomic E-state index is -3.76. The lowest BCUT2D eigenvalue weighted by molar-refractivity contribution is 0.216. The molecule has 1 atom stereocenters. The summed E-state index contributed by atoms with van der Waals surface area (Å²) in [5, 5.41) is 0. The zero-order valence-electron chi connectivity index (χ0n) is 11.4. The number of nitrogens with one attached hydrogen (secondary N) is 1. The van der Waals surface area contributed by atoms with Crippen LogP contribution in [0.3, 0.4) is 0 Å². The molecule has 0 radical (unpaired) electrons. The van der Waals surface area contributed by atoms with Crippen molar-refractivity contribution < 1.29 is 8.42 Å². The number of pyridine rings is 1. The molecular formula is C12H20N2O3S. The summed E-state index contributed by atoms with van der Waals surface area (Å²) in [5.74, 6) is 0. The van der Waals surface area contributed by atoms with Crippen molar-refractivity contribution in [2.45, 2.75) is 38.6 Å². The SMILES string of the molecule is CC(N(C)S(=O)(=O)c1c[nH]ccc1=O)C(C)(C)C. The molecule has 1 heterocycles. The van der Waals surface area contributed by atoms with E-state index in [0.29, 0.717) is 0 Å². The minimum absolute atomic E-state index is 0.205. The van der Waals surface area contributed by atoms with Crippen molar-refractivity contribution in [2.75, 3.05) is 7.05 Å². The number of hydrogen-bond acceptors (Lipinski definition) is 3. The average molecular weight is 272 g/mol. The Morgan fingerprint density at radius 1 is 1.33 bits per heavy atom. The highest BCUT2D eigenvalue weighted by Gasteiger charge is 2.33. The lowest BCUT2D eigenvalue weighted by Gasteiger charge is -2.34. The molecule has 0 saturated carbocycles. The highest BCUT2D eigenvalue weighted by molar-refractivity contribution is 7.89. The van der Waals surface area contributed by atoms with Gasteiger partial charge in [0.1, 0.15) is 4.90 Å². The molecule has 0 saturated heterocycles. The van der Waals surface area contributed by atoms with Crippen LogP contribution in [0.2, 0.25) is 0 Å². The predicted molar refractivity (Wildman–Crippen MR) is 70.9 cm³/mol. The lowest BCUT2D eigenvalue weighted by atomic mass is 9.88. The molecule has 1 unspecified atom stereocenters. The van der Waals surface area contributed by atoms with E-state index in [2.05, 4.69) is 4.98 Å². The zero-order valence-corrected chi connectivity index (χ0v) is 12.2. The van der Waals surface area contributed by atoms with Crippen molar-refractivity contribution >= 4 is 10.0 Å². The summed E-state index contributed by atoms with van der Waals surface area (Å²) in [6, 6.07) is 0.991. The third kappa shape index (κ3) is 2.81. The number of sulfonamides is 1. The highest BCUT2D eigenvalue weighted by atomic mass is 32.2. The fraction of sp³-hybridized carbons (Fsp3) is 0.583. The molecule has 0 bridgehead atoms. The molecule has 0 aliphatic carbocycles. The van der Waals surface area contributed by atoms with Gasteiger partial charge in [-0.25, -0.2) is 8.42 Å². The Kier molecular flexibility index (Phi) is 4.02. The van der Waals surface area contributed by atoms with Crippen molar-refractivity contribution in [3.05, 3.63) is 28.7 Å². The first-order valence-electron chi connectivity index (χ1n) is 5.73. The zero-order chi connectivity index (χ0) is 14.1. The van der Waals surface area contributed by atoms with E-state index in [1.807, 2.05) is 27.7 Å². The highest BCUT2D eigenvalue weighted by Crippen LogP contribution is 2.26. The van der Waals surface area contributed by atoms with Crippen LogP contribution in [0.15, 0.2) is 28.2 Å². The Morgan fingerprint density at radius 3 is 2.33 bits per heavy atom. The minimum Gasteiger partial charge on any atom is -0.366 e. The van der Waals surface area contributed by atoms with Gasteiger partial charge < -0.3 is 4.98 Å². The summed E-state index contributed by atoms with van der Waals surface area (Å²) in [6.45, 7) is 7.70. The summed E-state index contributed by atoms with van der Waals surface area (Å²) >= 11 is 0. The van der Waals surface area contributed by atoms with E-state index in [0.717, 1.165) is 0 Å². The molecular weight excluding hydrogens is 252 g/mol. The van der Waals surface area contributed by atoms with Crippen LogP contribution in [0.25, 0.3) is 0 Å². The molecule has 18 heavy (non-hydrogen) atoms. The first kappa shape index (κ1) is 14.9. The quantitative estimate of drug-likeness (QED) is 0.905. The lowest BCUT2D eigenvalue weighted by Crippen LogP contribution is -2.44. The maximum Gasteiger partial charge on any atom is 0.248 e. The largest absolute Gasteiger partial charge is 0.366 e. The Bertz CT molecular complexity index is 569. The summed E-state index contributed by atoms with van der Waals surface area (Å²) in [7, 11) is -2.26. The van der Waals surface area contributed by atoms with Gasteiger partial charge in [-0.1, -0.05) is 20.8 Å². The molecule has 0 aliphatic rings. The Hall–Kier alpha value is -1.14. The summed E-state index contributed by atoms with van der Waals surface area (Å²) in [4.78, 5) is 14.0. The van der Waals surface area contributed by atoms with E-state index in [4.69, 9.17) is 0 Å². The number of hydrogen-bond donors (Lipinski definition) is 1. The monoisotopic (exact) mass is 272 g/mol. The summed E-state index contributed by atoms with van der Waals surface area (Å²) in [6.07, 6.45) is 2.64. The first-order chi connectivity index (χ1) is 8.08. The van der Waals surface area contributed by atoms with Crippen LogP contribution in [0.1, 0.15) is 27.7 Å². The molecule has 1 rings (SSSR count). The van der Waals surface area contributed by atoms with Gasteiger partial charge in [-0.2, -0.15) is 4.31 Å². The Balaban J connectivity index is 3.25. The Labute approximate surface area is 108 Å². The Morgan fingerprint density at radius 2 is 1.89 bits per heavy atom. The molecule has 5 nitrogen and oxygen atoms in total. The molecule has 0 spiro atoms. The molecule has 0 aromatic carbocycles. The van der Waals surface area contributed by atoms with E-state index in [1.54, 1.807) is 0 Å². The van der Waals surface area contributed by atoms with E-state index in [9.17, 15) is 13.2 Å². The van der Waals surface area contributed by atoms with Crippen LogP contribution >= 0.6 is 0 Å². The maximum atomic E-state index is 12.3. The molecule has 102 valence electrons. The normalized spacial score (nSPS) is 14.8. The number of aromatic nitrogens is 1. The number of H-pyrrole nitrogens is 1. The van der Waals surface area contributed by atoms with E-state index >= 15 is 0 Å². The second kappa shape index (κ2) is 4.85. The van der Waals surface area contributed by atoms with Gasteiger partial charge in [-0.05, 0) is 12.3 Å². The van der Waals surface area contributed by atoms with Gasteiger partial charge in [0, 0.05) is 31.5 Å². The van der Waals surface area contributed by atoms with Crippen molar-refractivity contribution in [1.82, 2.24) is 9.29 Å². The first-order valence-corrected chi connectivity index (χ1v) is 7.17. The molecule has 1 aromatic heterocycles. The molecule has 0 fully saturated rings. The van der Waals surface area contributed by atoms with Crippen LogP contribution in [0, 0.1) is 5.41 Å². The van der Waals surface area contributed by atoms with Crippen molar-refractivity contribution in [3.8, 4) is 0 Å². The molecule has 1 aromatic rings. The van der Waals surface area contributed by atoms with Crippen LogP contribution in [-0.2, 0) is 10.0 Å². The van der Waals surface area contributed by atoms with Crippen molar-refractivity contribution in [3.63, 3.8) is 0 Å². The van der Waals surface area contributed by atoms with Crippen LogP contribution in [0.4, 0.5) is 0 Å². The van der Waals surface area contributed by atoms with Gasteiger partial charge >= 0.3 is 0 Å². The standard InChI is InChI=1S/C12H20N2O3S/c1-9(12(2,3)4)14(5)18(16,17)11-8-13-7-6-10(11)15/h6-9H,1-5H3,(H,13,15). The van der Waals surface area contributed by atoms with Crippen LogP contribution in [-0.4, -0.2) is 30.8 Å². The van der Waals surface area contributed by atoms with Gasteiger partial charge in [-0.15, -0.1) is 0 Å². The number of nitrogens with zero attached hydrogens (tertiary/aromatic N) is 1. The van der Waals surface area contributed by atoms with Gasteiger partial charge in [-0.3, -0.25) is 4.79 Å². The van der Waals surface area contributed by atoms with Gasteiger partial charge in [0.05, 0.1) is 0 Å². The van der Waals surface area contributed by atoms with Gasteiger partial charge in [0.2, 0.25) is 15.5 Å². The average Bonchev–Trinajstić information content (AvgIpc) is 2.26. The second-order valence-electron chi connectivity index (χ2n) is 5.44. The number of rotatable bonds is 3. The van der Waals surface area contributed by atoms with E-state index in [-0.39, 0.29) is 16.4 Å². The molecule has 0 amide bonds.